The van der Waals surface area contributed by atoms with Crippen LogP contribution in [0.25, 0.3) is 5.65 Å². The van der Waals surface area contributed by atoms with Gasteiger partial charge in [0.15, 0.2) is 0 Å². The summed E-state index contributed by atoms with van der Waals surface area (Å²) in [7, 11) is 0. The molecule has 0 fully saturated rings. The van der Waals surface area contributed by atoms with Crippen molar-refractivity contribution < 1.29 is 18.3 Å². The van der Waals surface area contributed by atoms with Crippen molar-refractivity contribution in [2.45, 2.75) is 13.5 Å². The van der Waals surface area contributed by atoms with Gasteiger partial charge < -0.3 is 15.4 Å². The van der Waals surface area contributed by atoms with Crippen molar-refractivity contribution in [1.29, 1.82) is 0 Å². The number of pyridine rings is 1. The van der Waals surface area contributed by atoms with Gasteiger partial charge >= 0.3 is 6.03 Å². The molecule has 0 radical (unpaired) electrons. The van der Waals surface area contributed by atoms with E-state index in [1.165, 1.54) is 10.5 Å². The Morgan fingerprint density at radius 3 is 2.59 bits per heavy atom. The second kappa shape index (κ2) is 8.84. The number of amides is 2. The number of carbonyl (C=O) groups is 1. The van der Waals surface area contributed by atoms with Crippen LogP contribution < -0.4 is 20.9 Å². The van der Waals surface area contributed by atoms with Crippen molar-refractivity contribution in [1.82, 2.24) is 9.38 Å². The summed E-state index contributed by atoms with van der Waals surface area (Å²) in [6.07, 6.45) is 1.68. The predicted octanol–water partition coefficient (Wildman–Crippen LogP) is 4.50. The summed E-state index contributed by atoms with van der Waals surface area (Å²) < 4.78 is 34.0. The van der Waals surface area contributed by atoms with E-state index in [2.05, 4.69) is 15.6 Å². The molecule has 9 heteroatoms. The van der Waals surface area contributed by atoms with Gasteiger partial charge in [-0.2, -0.15) is 0 Å². The minimum absolute atomic E-state index is 0.0891. The zero-order chi connectivity index (χ0) is 22.7. The Bertz CT molecular complexity index is 1350. The number of nitrogens with one attached hydrogen (secondary N) is 2. The summed E-state index contributed by atoms with van der Waals surface area (Å²) in [4.78, 5) is 28.7. The standard InChI is InChI=1S/C23H18F2N4O3/c1-14-8-9-29-21(10-14)26-17(12-22(29)30)13-32-18-5-3-16(4-6-18)27-23(31)28-20-11-15(24)2-7-19(20)25/h2-12H,13H2,1H3,(H2,27,28,31). The van der Waals surface area contributed by atoms with Crippen molar-refractivity contribution >= 4 is 23.1 Å². The molecule has 2 heterocycles. The van der Waals surface area contributed by atoms with Gasteiger partial charge in [-0.3, -0.25) is 9.20 Å². The van der Waals surface area contributed by atoms with Crippen LogP contribution in [0.4, 0.5) is 25.0 Å². The number of ether oxygens (including phenoxy) is 1. The highest BCUT2D eigenvalue weighted by Gasteiger charge is 2.09. The van der Waals surface area contributed by atoms with E-state index in [4.69, 9.17) is 4.74 Å². The molecular weight excluding hydrogens is 418 g/mol. The first-order valence-electron chi connectivity index (χ1n) is 9.62. The Labute approximate surface area is 181 Å². The van der Waals surface area contributed by atoms with E-state index in [1.807, 2.05) is 19.1 Å². The monoisotopic (exact) mass is 436 g/mol. The second-order valence-corrected chi connectivity index (χ2v) is 7.03. The summed E-state index contributed by atoms with van der Waals surface area (Å²) in [6.45, 7) is 2.01. The van der Waals surface area contributed by atoms with Crippen molar-refractivity contribution in [3.05, 3.63) is 100 Å². The number of hydrogen-bond acceptors (Lipinski definition) is 4. The number of rotatable bonds is 5. The van der Waals surface area contributed by atoms with E-state index < -0.39 is 17.7 Å². The number of hydrogen-bond donors (Lipinski definition) is 2. The summed E-state index contributed by atoms with van der Waals surface area (Å²) in [5.74, 6) is -0.914. The molecule has 32 heavy (non-hydrogen) atoms. The fraction of sp³-hybridized carbons (Fsp3) is 0.0870. The molecule has 0 aliphatic heterocycles. The van der Waals surface area contributed by atoms with Crippen molar-refractivity contribution in [2.24, 2.45) is 0 Å². The first-order chi connectivity index (χ1) is 15.4. The van der Waals surface area contributed by atoms with Crippen LogP contribution in [0, 0.1) is 18.6 Å². The van der Waals surface area contributed by atoms with Gasteiger partial charge in [-0.15, -0.1) is 0 Å². The molecule has 0 spiro atoms. The summed E-state index contributed by atoms with van der Waals surface area (Å²) in [6, 6.07) is 13.5. The fourth-order valence-corrected chi connectivity index (χ4v) is 3.00. The quantitative estimate of drug-likeness (QED) is 0.482. The Balaban J connectivity index is 1.38. The molecule has 2 aromatic carbocycles. The van der Waals surface area contributed by atoms with Gasteiger partial charge in [-0.05, 0) is 61.0 Å². The van der Waals surface area contributed by atoms with Crippen LogP contribution in [-0.4, -0.2) is 15.4 Å². The maximum Gasteiger partial charge on any atom is 0.323 e. The third kappa shape index (κ3) is 4.89. The van der Waals surface area contributed by atoms with Gasteiger partial charge in [0.2, 0.25) is 0 Å². The number of nitrogens with zero attached hydrogens (tertiary/aromatic N) is 2. The number of fused-ring (bicyclic) bond motifs is 1. The lowest BCUT2D eigenvalue weighted by Gasteiger charge is -2.10. The predicted molar refractivity (Wildman–Crippen MR) is 116 cm³/mol. The zero-order valence-corrected chi connectivity index (χ0v) is 16.9. The van der Waals surface area contributed by atoms with Gasteiger partial charge in [0.1, 0.15) is 29.6 Å². The average molecular weight is 436 g/mol. The lowest BCUT2D eigenvalue weighted by atomic mass is 10.3. The molecule has 4 aromatic rings. The van der Waals surface area contributed by atoms with E-state index in [-0.39, 0.29) is 17.9 Å². The molecule has 0 aliphatic carbocycles. The summed E-state index contributed by atoms with van der Waals surface area (Å²) >= 11 is 0. The molecule has 0 bridgehead atoms. The Morgan fingerprint density at radius 1 is 1.03 bits per heavy atom. The number of aryl methyl sites for hydroxylation is 1. The molecule has 162 valence electrons. The first kappa shape index (κ1) is 21.0. The van der Waals surface area contributed by atoms with Crippen LogP contribution in [0.2, 0.25) is 0 Å². The molecule has 0 saturated heterocycles. The molecule has 0 unspecified atom stereocenters. The van der Waals surface area contributed by atoms with Gasteiger partial charge in [0.25, 0.3) is 5.56 Å². The molecule has 7 nitrogen and oxygen atoms in total. The van der Waals surface area contributed by atoms with Crippen LogP contribution in [-0.2, 0) is 6.61 Å². The van der Waals surface area contributed by atoms with E-state index >= 15 is 0 Å². The zero-order valence-electron chi connectivity index (χ0n) is 16.9. The Hall–Kier alpha value is -4.27. The fourth-order valence-electron chi connectivity index (χ4n) is 3.00. The number of benzene rings is 2. The number of halogens is 2. The number of aromatic nitrogens is 2. The number of carbonyl (C=O) groups excluding carboxylic acids is 1. The maximum atomic E-state index is 13.6. The molecule has 0 aliphatic rings. The third-order valence-corrected chi connectivity index (χ3v) is 4.55. The first-order valence-corrected chi connectivity index (χ1v) is 9.62. The van der Waals surface area contributed by atoms with Crippen LogP contribution >= 0.6 is 0 Å². The van der Waals surface area contributed by atoms with Crippen molar-refractivity contribution in [2.75, 3.05) is 10.6 Å². The highest BCUT2D eigenvalue weighted by molar-refractivity contribution is 5.99. The smallest absolute Gasteiger partial charge is 0.323 e. The topological polar surface area (TPSA) is 84.7 Å². The third-order valence-electron chi connectivity index (χ3n) is 4.55. The average Bonchev–Trinajstić information content (AvgIpc) is 2.75. The maximum absolute atomic E-state index is 13.6. The Morgan fingerprint density at radius 2 is 1.81 bits per heavy atom. The minimum Gasteiger partial charge on any atom is -0.487 e. The molecular formula is C23H18F2N4O3. The van der Waals surface area contributed by atoms with E-state index in [1.54, 1.807) is 30.5 Å². The van der Waals surface area contributed by atoms with Crippen LogP contribution in [0.5, 0.6) is 5.75 Å². The lowest BCUT2D eigenvalue weighted by Crippen LogP contribution is -2.20. The molecule has 4 rings (SSSR count). The largest absolute Gasteiger partial charge is 0.487 e. The van der Waals surface area contributed by atoms with Crippen LogP contribution in [0.3, 0.4) is 0 Å². The van der Waals surface area contributed by atoms with E-state index in [9.17, 15) is 18.4 Å². The van der Waals surface area contributed by atoms with Crippen LogP contribution in [0.15, 0.2) is 71.7 Å². The van der Waals surface area contributed by atoms with E-state index in [0.717, 1.165) is 23.8 Å². The second-order valence-electron chi connectivity index (χ2n) is 7.03. The van der Waals surface area contributed by atoms with Gasteiger partial charge in [0, 0.05) is 24.0 Å². The summed E-state index contributed by atoms with van der Waals surface area (Å²) in [5, 5.41) is 4.77. The number of urea groups is 1. The molecule has 2 amide bonds. The molecule has 0 saturated carbocycles. The Kier molecular flexibility index (Phi) is 5.80. The summed E-state index contributed by atoms with van der Waals surface area (Å²) in [5.41, 5.74) is 1.97. The van der Waals surface area contributed by atoms with Crippen molar-refractivity contribution in [3.8, 4) is 5.75 Å². The molecule has 0 atom stereocenters. The molecule has 2 N–H and O–H groups in total. The van der Waals surface area contributed by atoms with Gasteiger partial charge in [-0.1, -0.05) is 0 Å². The van der Waals surface area contributed by atoms with E-state index in [0.29, 0.717) is 22.8 Å². The highest BCUT2D eigenvalue weighted by atomic mass is 19.1. The SMILES string of the molecule is Cc1ccn2c(=O)cc(COc3ccc(NC(=O)Nc4cc(F)ccc4F)cc3)nc2c1. The van der Waals surface area contributed by atoms with Gasteiger partial charge in [-0.25, -0.2) is 18.6 Å². The minimum atomic E-state index is -0.748. The van der Waals surface area contributed by atoms with Crippen LogP contribution in [0.1, 0.15) is 11.3 Å². The van der Waals surface area contributed by atoms with Crippen molar-refractivity contribution in [3.63, 3.8) is 0 Å². The molecule has 2 aromatic heterocycles. The normalized spacial score (nSPS) is 10.7. The van der Waals surface area contributed by atoms with Gasteiger partial charge in [0.05, 0.1) is 11.4 Å². The lowest BCUT2D eigenvalue weighted by molar-refractivity contribution is 0.262. The highest BCUT2D eigenvalue weighted by Crippen LogP contribution is 2.19. The number of anilines is 2.